The Morgan fingerprint density at radius 2 is 1.86 bits per heavy atom. The van der Waals surface area contributed by atoms with Crippen LogP contribution < -0.4 is 15.0 Å². The molecule has 0 saturated carbocycles. The quantitative estimate of drug-likeness (QED) is 0.823. The second kappa shape index (κ2) is 9.11. The van der Waals surface area contributed by atoms with Gasteiger partial charge in [0.25, 0.3) is 5.91 Å². The minimum Gasteiger partial charge on any atom is -0.496 e. The van der Waals surface area contributed by atoms with E-state index in [-0.39, 0.29) is 11.8 Å². The van der Waals surface area contributed by atoms with E-state index in [2.05, 4.69) is 49.2 Å². The monoisotopic (exact) mass is 382 g/mol. The van der Waals surface area contributed by atoms with Gasteiger partial charge < -0.3 is 19.7 Å². The van der Waals surface area contributed by atoms with Gasteiger partial charge in [-0.15, -0.1) is 0 Å². The smallest absolute Gasteiger partial charge is 0.255 e. The maximum absolute atomic E-state index is 13.1. The highest BCUT2D eigenvalue weighted by molar-refractivity contribution is 5.99. The van der Waals surface area contributed by atoms with Crippen molar-refractivity contribution in [3.8, 4) is 5.75 Å². The molecule has 3 rings (SSSR count). The molecule has 1 fully saturated rings. The van der Waals surface area contributed by atoms with Crippen LogP contribution in [0.1, 0.15) is 46.8 Å². The third-order valence-electron chi connectivity index (χ3n) is 5.14. The van der Waals surface area contributed by atoms with Crippen LogP contribution in [0.25, 0.3) is 0 Å². The highest BCUT2D eigenvalue weighted by Gasteiger charge is 2.23. The van der Waals surface area contributed by atoms with Crippen LogP contribution in [0.4, 0.5) is 5.69 Å². The molecular formula is C23H30N2O3. The van der Waals surface area contributed by atoms with E-state index >= 15 is 0 Å². The Bertz CT molecular complexity index is 809. The molecule has 150 valence electrons. The zero-order valence-electron chi connectivity index (χ0n) is 17.2. The van der Waals surface area contributed by atoms with Gasteiger partial charge in [-0.05, 0) is 30.0 Å². The molecule has 0 aromatic heterocycles. The number of rotatable bonds is 6. The fourth-order valence-corrected chi connectivity index (χ4v) is 3.46. The predicted molar refractivity (Wildman–Crippen MR) is 112 cm³/mol. The number of morpholine rings is 1. The molecule has 2 aromatic rings. The Balaban J connectivity index is 1.87. The molecule has 1 amide bonds. The number of aryl methyl sites for hydroxylation is 1. The molecular weight excluding hydrogens is 352 g/mol. The lowest BCUT2D eigenvalue weighted by atomic mass is 9.94. The van der Waals surface area contributed by atoms with Gasteiger partial charge in [0.1, 0.15) is 5.75 Å². The fraction of sp³-hybridized carbons (Fsp3) is 0.435. The number of carbonyl (C=O) groups is 1. The number of hydrogen-bond acceptors (Lipinski definition) is 4. The first-order chi connectivity index (χ1) is 13.5. The van der Waals surface area contributed by atoms with Gasteiger partial charge in [0.15, 0.2) is 0 Å². The molecule has 1 aliphatic rings. The second-order valence-electron chi connectivity index (χ2n) is 7.53. The molecule has 1 heterocycles. The van der Waals surface area contributed by atoms with Crippen LogP contribution >= 0.6 is 0 Å². The van der Waals surface area contributed by atoms with E-state index in [0.717, 1.165) is 43.1 Å². The minimum atomic E-state index is -0.102. The van der Waals surface area contributed by atoms with Crippen LogP contribution in [0.2, 0.25) is 0 Å². The Hall–Kier alpha value is -2.53. The number of benzene rings is 2. The summed E-state index contributed by atoms with van der Waals surface area (Å²) in [6.45, 7) is 9.89. The maximum Gasteiger partial charge on any atom is 0.255 e. The molecule has 1 N–H and O–H groups in total. The molecule has 5 heteroatoms. The SMILES string of the molecule is COc1cc(N2CCOCC2)cc(C(C)C)c1C(=O)NCc1ccc(C)cc1. The Morgan fingerprint density at radius 1 is 1.18 bits per heavy atom. The topological polar surface area (TPSA) is 50.8 Å². The number of methoxy groups -OCH3 is 1. The lowest BCUT2D eigenvalue weighted by molar-refractivity contribution is 0.0946. The molecule has 0 radical (unpaired) electrons. The van der Waals surface area contributed by atoms with Gasteiger partial charge >= 0.3 is 0 Å². The zero-order chi connectivity index (χ0) is 20.1. The number of carbonyl (C=O) groups excluding carboxylic acids is 1. The number of amides is 1. The lowest BCUT2D eigenvalue weighted by Crippen LogP contribution is -2.36. The molecule has 28 heavy (non-hydrogen) atoms. The molecule has 2 aromatic carbocycles. The van der Waals surface area contributed by atoms with E-state index in [0.29, 0.717) is 17.9 Å². The first kappa shape index (κ1) is 20.2. The average Bonchev–Trinajstić information content (AvgIpc) is 2.72. The van der Waals surface area contributed by atoms with Crippen LogP contribution in [-0.4, -0.2) is 39.3 Å². The van der Waals surface area contributed by atoms with Crippen molar-refractivity contribution in [1.82, 2.24) is 5.32 Å². The van der Waals surface area contributed by atoms with Gasteiger partial charge in [0.05, 0.1) is 25.9 Å². The summed E-state index contributed by atoms with van der Waals surface area (Å²) < 4.78 is 11.1. The van der Waals surface area contributed by atoms with Gasteiger partial charge in [-0.2, -0.15) is 0 Å². The summed E-state index contributed by atoms with van der Waals surface area (Å²) in [5.41, 5.74) is 4.99. The van der Waals surface area contributed by atoms with E-state index < -0.39 is 0 Å². The number of ether oxygens (including phenoxy) is 2. The molecule has 0 bridgehead atoms. The standard InChI is InChI=1S/C23H30N2O3/c1-16(2)20-13-19(25-9-11-28-12-10-25)14-21(27-4)22(20)23(26)24-15-18-7-5-17(3)6-8-18/h5-8,13-14,16H,9-12,15H2,1-4H3,(H,24,26). The van der Waals surface area contributed by atoms with Crippen LogP contribution in [0.5, 0.6) is 5.75 Å². The zero-order valence-corrected chi connectivity index (χ0v) is 17.2. The molecule has 0 unspecified atom stereocenters. The van der Waals surface area contributed by atoms with Crippen LogP contribution in [0, 0.1) is 6.92 Å². The summed E-state index contributed by atoms with van der Waals surface area (Å²) in [6, 6.07) is 12.3. The molecule has 5 nitrogen and oxygen atoms in total. The normalized spacial score (nSPS) is 14.2. The van der Waals surface area contributed by atoms with Crippen molar-refractivity contribution in [2.45, 2.75) is 33.2 Å². The minimum absolute atomic E-state index is 0.102. The van der Waals surface area contributed by atoms with Gasteiger partial charge in [0, 0.05) is 31.4 Å². The Morgan fingerprint density at radius 3 is 2.46 bits per heavy atom. The number of hydrogen-bond donors (Lipinski definition) is 1. The van der Waals surface area contributed by atoms with Crippen LogP contribution in [0.15, 0.2) is 36.4 Å². The fourth-order valence-electron chi connectivity index (χ4n) is 3.46. The van der Waals surface area contributed by atoms with Crippen molar-refractivity contribution < 1.29 is 14.3 Å². The van der Waals surface area contributed by atoms with Crippen LogP contribution in [-0.2, 0) is 11.3 Å². The highest BCUT2D eigenvalue weighted by atomic mass is 16.5. The third kappa shape index (κ3) is 4.65. The largest absolute Gasteiger partial charge is 0.496 e. The van der Waals surface area contributed by atoms with Crippen molar-refractivity contribution in [1.29, 1.82) is 0 Å². The van der Waals surface area contributed by atoms with Crippen LogP contribution in [0.3, 0.4) is 0 Å². The number of nitrogens with zero attached hydrogens (tertiary/aromatic N) is 1. The van der Waals surface area contributed by atoms with E-state index in [1.807, 2.05) is 18.2 Å². The average molecular weight is 383 g/mol. The summed E-state index contributed by atoms with van der Waals surface area (Å²) in [6.07, 6.45) is 0. The predicted octanol–water partition coefficient (Wildman–Crippen LogP) is 3.89. The van der Waals surface area contributed by atoms with E-state index in [1.54, 1.807) is 7.11 Å². The lowest BCUT2D eigenvalue weighted by Gasteiger charge is -2.30. The van der Waals surface area contributed by atoms with Gasteiger partial charge in [-0.25, -0.2) is 0 Å². The van der Waals surface area contributed by atoms with Crippen molar-refractivity contribution in [3.05, 3.63) is 58.7 Å². The molecule has 0 spiro atoms. The molecule has 1 saturated heterocycles. The third-order valence-corrected chi connectivity index (χ3v) is 5.14. The summed E-state index contributed by atoms with van der Waals surface area (Å²) >= 11 is 0. The second-order valence-corrected chi connectivity index (χ2v) is 7.53. The molecule has 1 aliphatic heterocycles. The van der Waals surface area contributed by atoms with E-state index in [9.17, 15) is 4.79 Å². The molecule has 0 aliphatic carbocycles. The Labute approximate surface area is 167 Å². The van der Waals surface area contributed by atoms with Crippen molar-refractivity contribution >= 4 is 11.6 Å². The van der Waals surface area contributed by atoms with Gasteiger partial charge in [-0.3, -0.25) is 4.79 Å². The van der Waals surface area contributed by atoms with Crippen molar-refractivity contribution in [2.24, 2.45) is 0 Å². The maximum atomic E-state index is 13.1. The van der Waals surface area contributed by atoms with Gasteiger partial charge in [-0.1, -0.05) is 43.7 Å². The first-order valence-electron chi connectivity index (χ1n) is 9.88. The summed E-state index contributed by atoms with van der Waals surface area (Å²) in [7, 11) is 1.62. The number of nitrogens with one attached hydrogen (secondary N) is 1. The summed E-state index contributed by atoms with van der Waals surface area (Å²) in [5.74, 6) is 0.721. The van der Waals surface area contributed by atoms with Gasteiger partial charge in [0.2, 0.25) is 0 Å². The van der Waals surface area contributed by atoms with Crippen molar-refractivity contribution in [2.75, 3.05) is 38.3 Å². The summed E-state index contributed by atoms with van der Waals surface area (Å²) in [4.78, 5) is 15.3. The van der Waals surface area contributed by atoms with E-state index in [1.165, 1.54) is 5.56 Å². The first-order valence-corrected chi connectivity index (χ1v) is 9.88. The Kier molecular flexibility index (Phi) is 6.57. The van der Waals surface area contributed by atoms with E-state index in [4.69, 9.17) is 9.47 Å². The highest BCUT2D eigenvalue weighted by Crippen LogP contribution is 2.34. The summed E-state index contributed by atoms with van der Waals surface area (Å²) in [5, 5.41) is 3.05. The molecule has 0 atom stereocenters. The number of anilines is 1. The van der Waals surface area contributed by atoms with Crippen molar-refractivity contribution in [3.63, 3.8) is 0 Å².